The fourth-order valence-electron chi connectivity index (χ4n) is 2.26. The zero-order valence-corrected chi connectivity index (χ0v) is 12.9. The number of nitrogens with zero attached hydrogens (tertiary/aromatic N) is 2. The van der Waals surface area contributed by atoms with Crippen LogP contribution in [0, 0.1) is 5.92 Å². The molecule has 0 saturated heterocycles. The summed E-state index contributed by atoms with van der Waals surface area (Å²) in [5.41, 5.74) is 2.09. The number of benzene rings is 1. The Bertz CT molecular complexity index is 605. The molecule has 0 aliphatic heterocycles. The first kappa shape index (κ1) is 15.5. The number of aromatic nitrogens is 2. The van der Waals surface area contributed by atoms with Crippen LogP contribution < -0.4 is 5.32 Å². The summed E-state index contributed by atoms with van der Waals surface area (Å²) in [7, 11) is 1.51. The van der Waals surface area contributed by atoms with Crippen LogP contribution in [0.5, 0.6) is 0 Å². The van der Waals surface area contributed by atoms with E-state index in [1.54, 1.807) is 0 Å². The Morgan fingerprint density at radius 2 is 2.14 bits per heavy atom. The van der Waals surface area contributed by atoms with Crippen molar-refractivity contribution in [3.63, 3.8) is 0 Å². The molecule has 0 fully saturated rings. The van der Waals surface area contributed by atoms with Gasteiger partial charge in [0.05, 0.1) is 17.6 Å². The van der Waals surface area contributed by atoms with Crippen LogP contribution in [0.25, 0.3) is 11.0 Å². The molecule has 5 nitrogen and oxygen atoms in total. The van der Waals surface area contributed by atoms with Gasteiger partial charge in [-0.3, -0.25) is 4.79 Å². The third-order valence-electron chi connectivity index (χ3n) is 3.38. The van der Waals surface area contributed by atoms with Crippen molar-refractivity contribution in [2.24, 2.45) is 5.92 Å². The minimum Gasteiger partial charge on any atom is -0.375 e. The van der Waals surface area contributed by atoms with Crippen molar-refractivity contribution < 1.29 is 9.53 Å². The molecular weight excluding hydrogens is 266 g/mol. The Morgan fingerprint density at radius 3 is 2.86 bits per heavy atom. The summed E-state index contributed by atoms with van der Waals surface area (Å²) >= 11 is 0. The Morgan fingerprint density at radius 1 is 1.38 bits per heavy atom. The van der Waals surface area contributed by atoms with Gasteiger partial charge in [-0.2, -0.15) is 0 Å². The maximum atomic E-state index is 11.5. The molecule has 1 aromatic carbocycles. The number of ether oxygens (including phenoxy) is 1. The first-order valence-electron chi connectivity index (χ1n) is 7.31. The molecule has 5 heteroatoms. The lowest BCUT2D eigenvalue weighted by Crippen LogP contribution is -2.28. The molecule has 1 N–H and O–H groups in total. The molecule has 0 aliphatic rings. The fraction of sp³-hybridized carbons (Fsp3) is 0.500. The highest BCUT2D eigenvalue weighted by atomic mass is 16.5. The predicted octanol–water partition coefficient (Wildman–Crippen LogP) is 2.34. The van der Waals surface area contributed by atoms with Crippen LogP contribution in [0.1, 0.15) is 26.1 Å². The van der Waals surface area contributed by atoms with Gasteiger partial charge in [0, 0.05) is 13.7 Å². The van der Waals surface area contributed by atoms with E-state index < -0.39 is 0 Å². The zero-order chi connectivity index (χ0) is 15.2. The van der Waals surface area contributed by atoms with Gasteiger partial charge in [-0.05, 0) is 24.5 Å². The van der Waals surface area contributed by atoms with Gasteiger partial charge in [-0.15, -0.1) is 0 Å². The Labute approximate surface area is 125 Å². The molecule has 114 valence electrons. The van der Waals surface area contributed by atoms with Crippen molar-refractivity contribution in [3.8, 4) is 0 Å². The van der Waals surface area contributed by atoms with Crippen molar-refractivity contribution in [1.29, 1.82) is 0 Å². The number of fused-ring (bicyclic) bond motifs is 1. The van der Waals surface area contributed by atoms with Crippen molar-refractivity contribution >= 4 is 16.9 Å². The van der Waals surface area contributed by atoms with E-state index in [1.807, 2.05) is 18.2 Å². The molecule has 0 bridgehead atoms. The lowest BCUT2D eigenvalue weighted by atomic mass is 10.1. The average molecular weight is 289 g/mol. The minimum atomic E-state index is -0.125. The first-order valence-corrected chi connectivity index (χ1v) is 7.31. The highest BCUT2D eigenvalue weighted by Crippen LogP contribution is 2.17. The molecule has 0 aliphatic carbocycles. The average Bonchev–Trinajstić information content (AvgIpc) is 2.81. The number of carbonyl (C=O) groups is 1. The number of carbonyl (C=O) groups excluding carboxylic acids is 1. The highest BCUT2D eigenvalue weighted by Gasteiger charge is 2.11. The predicted molar refractivity (Wildman–Crippen MR) is 82.9 cm³/mol. The van der Waals surface area contributed by atoms with Crippen LogP contribution in [-0.2, 0) is 22.6 Å². The van der Waals surface area contributed by atoms with Crippen LogP contribution in [0.4, 0.5) is 0 Å². The van der Waals surface area contributed by atoms with Crippen LogP contribution >= 0.6 is 0 Å². The highest BCUT2D eigenvalue weighted by molar-refractivity contribution is 5.78. The van der Waals surface area contributed by atoms with E-state index >= 15 is 0 Å². The summed E-state index contributed by atoms with van der Waals surface area (Å²) in [5, 5.41) is 2.84. The van der Waals surface area contributed by atoms with Gasteiger partial charge >= 0.3 is 0 Å². The second kappa shape index (κ2) is 7.22. The zero-order valence-electron chi connectivity index (χ0n) is 12.9. The van der Waals surface area contributed by atoms with Gasteiger partial charge in [0.2, 0.25) is 5.91 Å². The monoisotopic (exact) mass is 289 g/mol. The van der Waals surface area contributed by atoms with Gasteiger partial charge in [-0.25, -0.2) is 4.98 Å². The quantitative estimate of drug-likeness (QED) is 0.851. The largest absolute Gasteiger partial charge is 0.375 e. The van der Waals surface area contributed by atoms with Gasteiger partial charge in [0.1, 0.15) is 12.4 Å². The van der Waals surface area contributed by atoms with Crippen molar-refractivity contribution in [2.75, 3.05) is 13.7 Å². The number of aryl methyl sites for hydroxylation is 1. The van der Waals surface area contributed by atoms with E-state index in [0.29, 0.717) is 12.5 Å². The normalized spacial score (nSPS) is 11.2. The van der Waals surface area contributed by atoms with Crippen LogP contribution in [0.15, 0.2) is 24.3 Å². The Balaban J connectivity index is 2.20. The molecule has 0 saturated carbocycles. The molecule has 0 spiro atoms. The number of rotatable bonds is 7. The third-order valence-corrected chi connectivity index (χ3v) is 3.38. The smallest absolute Gasteiger partial charge is 0.246 e. The number of hydrogen-bond donors (Lipinski definition) is 1. The summed E-state index contributed by atoms with van der Waals surface area (Å²) in [6.07, 6.45) is 1.08. The topological polar surface area (TPSA) is 56.1 Å². The van der Waals surface area contributed by atoms with E-state index in [0.717, 1.165) is 29.8 Å². The van der Waals surface area contributed by atoms with E-state index in [1.165, 1.54) is 7.11 Å². The second-order valence-corrected chi connectivity index (χ2v) is 5.56. The molecule has 0 atom stereocenters. The van der Waals surface area contributed by atoms with Crippen molar-refractivity contribution in [2.45, 2.75) is 33.4 Å². The van der Waals surface area contributed by atoms with E-state index in [-0.39, 0.29) is 12.5 Å². The van der Waals surface area contributed by atoms with Gasteiger partial charge in [-0.1, -0.05) is 26.0 Å². The summed E-state index contributed by atoms with van der Waals surface area (Å²) in [5.74, 6) is 1.39. The molecule has 21 heavy (non-hydrogen) atoms. The maximum Gasteiger partial charge on any atom is 0.246 e. The number of methoxy groups -OCH3 is 1. The Hall–Kier alpha value is -1.88. The molecule has 1 aromatic heterocycles. The molecule has 2 aromatic rings. The Kier molecular flexibility index (Phi) is 5.33. The number of hydrogen-bond acceptors (Lipinski definition) is 3. The van der Waals surface area contributed by atoms with Crippen LogP contribution in [0.3, 0.4) is 0 Å². The molecule has 2 rings (SSSR count). The van der Waals surface area contributed by atoms with Crippen LogP contribution in [-0.4, -0.2) is 29.2 Å². The first-order chi connectivity index (χ1) is 10.1. The molecule has 1 amide bonds. The summed E-state index contributed by atoms with van der Waals surface area (Å²) < 4.78 is 7.02. The number of amides is 1. The van der Waals surface area contributed by atoms with Gasteiger partial charge < -0.3 is 14.6 Å². The standard InChI is InChI=1S/C16H23N3O2/c1-12(2)8-9-19-14-7-5-4-6-13(14)18-15(19)10-17-16(20)11-21-3/h4-7,12H,8-11H2,1-3H3,(H,17,20). The molecular formula is C16H23N3O2. The van der Waals surface area contributed by atoms with E-state index in [2.05, 4.69) is 34.8 Å². The number of imidazole rings is 1. The SMILES string of the molecule is COCC(=O)NCc1nc2ccccc2n1CCC(C)C. The third kappa shape index (κ3) is 4.04. The second-order valence-electron chi connectivity index (χ2n) is 5.56. The van der Waals surface area contributed by atoms with Crippen LogP contribution in [0.2, 0.25) is 0 Å². The van der Waals surface area contributed by atoms with Gasteiger partial charge in [0.15, 0.2) is 0 Å². The molecule has 0 radical (unpaired) electrons. The summed E-state index contributed by atoms with van der Waals surface area (Å²) in [6, 6.07) is 8.07. The maximum absolute atomic E-state index is 11.5. The number of nitrogens with one attached hydrogen (secondary N) is 1. The molecule has 0 unspecified atom stereocenters. The summed E-state index contributed by atoms with van der Waals surface area (Å²) in [6.45, 7) is 5.83. The summed E-state index contributed by atoms with van der Waals surface area (Å²) in [4.78, 5) is 16.2. The molecule has 1 heterocycles. The van der Waals surface area contributed by atoms with E-state index in [9.17, 15) is 4.79 Å². The van der Waals surface area contributed by atoms with Crippen molar-refractivity contribution in [3.05, 3.63) is 30.1 Å². The lowest BCUT2D eigenvalue weighted by molar-refractivity contribution is -0.124. The fourth-order valence-corrected chi connectivity index (χ4v) is 2.26. The minimum absolute atomic E-state index is 0.0756. The van der Waals surface area contributed by atoms with Gasteiger partial charge in [0.25, 0.3) is 0 Å². The lowest BCUT2D eigenvalue weighted by Gasteiger charge is -2.11. The number of para-hydroxylation sites is 2. The van der Waals surface area contributed by atoms with Crippen molar-refractivity contribution in [1.82, 2.24) is 14.9 Å². The van der Waals surface area contributed by atoms with E-state index in [4.69, 9.17) is 4.74 Å².